The molecule has 84 valence electrons. The molecule has 0 aromatic carbocycles. The van der Waals surface area contributed by atoms with Gasteiger partial charge in [0.1, 0.15) is 0 Å². The third-order valence-electron chi connectivity index (χ3n) is 2.89. The largest absolute Gasteiger partial charge is 0.383 e. The van der Waals surface area contributed by atoms with Gasteiger partial charge in [-0.1, -0.05) is 12.8 Å². The predicted octanol–water partition coefficient (Wildman–Crippen LogP) is 2.41. The Morgan fingerprint density at radius 3 is 2.79 bits per heavy atom. The van der Waals surface area contributed by atoms with E-state index in [1.165, 1.54) is 32.2 Å². The summed E-state index contributed by atoms with van der Waals surface area (Å²) >= 11 is 6.01. The molecule has 1 N–H and O–H groups in total. The number of halogens is 1. The van der Waals surface area contributed by atoms with Crippen LogP contribution in [0.2, 0.25) is 0 Å². The van der Waals surface area contributed by atoms with Gasteiger partial charge in [-0.05, 0) is 38.3 Å². The number of ether oxygens (including phenoxy) is 1. The lowest BCUT2D eigenvalue weighted by atomic mass is 10.1. The minimum absolute atomic E-state index is 0.163. The maximum absolute atomic E-state index is 6.01. The second kappa shape index (κ2) is 7.49. The van der Waals surface area contributed by atoms with Crippen molar-refractivity contribution in [3.05, 3.63) is 0 Å². The molecule has 0 spiro atoms. The van der Waals surface area contributed by atoms with Gasteiger partial charge in [0.2, 0.25) is 0 Å². The Labute approximate surface area is 92.3 Å². The van der Waals surface area contributed by atoms with Crippen LogP contribution in [0, 0.1) is 5.92 Å². The molecule has 0 amide bonds. The van der Waals surface area contributed by atoms with Crippen molar-refractivity contribution in [1.82, 2.24) is 5.32 Å². The molecule has 1 saturated carbocycles. The van der Waals surface area contributed by atoms with Crippen LogP contribution in [0.25, 0.3) is 0 Å². The number of methoxy groups -OCH3 is 1. The van der Waals surface area contributed by atoms with Gasteiger partial charge in [0, 0.05) is 7.11 Å². The highest BCUT2D eigenvalue weighted by molar-refractivity contribution is 6.20. The van der Waals surface area contributed by atoms with Gasteiger partial charge in [-0.15, -0.1) is 11.6 Å². The second-order valence-corrected chi connectivity index (χ2v) is 4.81. The molecule has 0 aliphatic heterocycles. The Morgan fingerprint density at radius 1 is 1.43 bits per heavy atom. The monoisotopic (exact) mass is 219 g/mol. The van der Waals surface area contributed by atoms with Crippen LogP contribution in [0.4, 0.5) is 0 Å². The van der Waals surface area contributed by atoms with Crippen LogP contribution in [-0.4, -0.2) is 32.2 Å². The lowest BCUT2D eigenvalue weighted by Crippen LogP contribution is -2.25. The van der Waals surface area contributed by atoms with E-state index in [0.717, 1.165) is 18.9 Å². The molecule has 0 bridgehead atoms. The summed E-state index contributed by atoms with van der Waals surface area (Å²) in [5, 5.41) is 3.64. The topological polar surface area (TPSA) is 21.3 Å². The van der Waals surface area contributed by atoms with Gasteiger partial charge in [-0.3, -0.25) is 0 Å². The lowest BCUT2D eigenvalue weighted by molar-refractivity contribution is 0.195. The quantitative estimate of drug-likeness (QED) is 0.525. The third kappa shape index (κ3) is 5.18. The number of rotatable bonds is 7. The summed E-state index contributed by atoms with van der Waals surface area (Å²) in [6, 6.07) is 0. The minimum atomic E-state index is 0.163. The SMILES string of the molecule is COCC(Cl)CCNCC1CCCC1. The average Bonchev–Trinajstić information content (AvgIpc) is 2.65. The summed E-state index contributed by atoms with van der Waals surface area (Å²) in [4.78, 5) is 0. The summed E-state index contributed by atoms with van der Waals surface area (Å²) in [6.07, 6.45) is 6.68. The van der Waals surface area contributed by atoms with Gasteiger partial charge in [0.05, 0.1) is 12.0 Å². The molecular formula is C11H22ClNO. The fourth-order valence-corrected chi connectivity index (χ4v) is 2.28. The summed E-state index contributed by atoms with van der Waals surface area (Å²) in [6.45, 7) is 2.86. The first kappa shape index (κ1) is 12.3. The molecular weight excluding hydrogens is 198 g/mol. The summed E-state index contributed by atoms with van der Waals surface area (Å²) in [5.74, 6) is 0.922. The van der Waals surface area contributed by atoms with Gasteiger partial charge in [0.25, 0.3) is 0 Å². The van der Waals surface area contributed by atoms with Crippen molar-refractivity contribution < 1.29 is 4.74 Å². The molecule has 1 atom stereocenters. The van der Waals surface area contributed by atoms with E-state index >= 15 is 0 Å². The number of hydrogen-bond acceptors (Lipinski definition) is 2. The van der Waals surface area contributed by atoms with Gasteiger partial charge >= 0.3 is 0 Å². The van der Waals surface area contributed by atoms with Crippen LogP contribution < -0.4 is 5.32 Å². The lowest BCUT2D eigenvalue weighted by Gasteiger charge is -2.12. The fourth-order valence-electron chi connectivity index (χ4n) is 2.04. The standard InChI is InChI=1S/C11H22ClNO/c1-14-9-11(12)6-7-13-8-10-4-2-3-5-10/h10-11,13H,2-9H2,1H3. The molecule has 2 nitrogen and oxygen atoms in total. The Bertz CT molecular complexity index is 137. The molecule has 1 rings (SSSR count). The van der Waals surface area contributed by atoms with E-state index in [-0.39, 0.29) is 5.38 Å². The first-order chi connectivity index (χ1) is 6.83. The Morgan fingerprint density at radius 2 is 2.14 bits per heavy atom. The maximum atomic E-state index is 6.01. The highest BCUT2D eigenvalue weighted by Gasteiger charge is 2.14. The zero-order valence-electron chi connectivity index (χ0n) is 9.10. The average molecular weight is 220 g/mol. The van der Waals surface area contributed by atoms with Crippen LogP contribution in [0.1, 0.15) is 32.1 Å². The van der Waals surface area contributed by atoms with Crippen molar-refractivity contribution in [3.8, 4) is 0 Å². The van der Waals surface area contributed by atoms with E-state index < -0.39 is 0 Å². The molecule has 1 fully saturated rings. The fraction of sp³-hybridized carbons (Fsp3) is 1.00. The molecule has 0 heterocycles. The first-order valence-corrected chi connectivity index (χ1v) is 6.10. The van der Waals surface area contributed by atoms with Crippen molar-refractivity contribution in [3.63, 3.8) is 0 Å². The van der Waals surface area contributed by atoms with E-state index in [4.69, 9.17) is 16.3 Å². The first-order valence-electron chi connectivity index (χ1n) is 5.66. The van der Waals surface area contributed by atoms with Crippen molar-refractivity contribution >= 4 is 11.6 Å². The van der Waals surface area contributed by atoms with Crippen LogP contribution in [0.5, 0.6) is 0 Å². The van der Waals surface area contributed by atoms with Crippen LogP contribution in [0.3, 0.4) is 0 Å². The summed E-state index contributed by atoms with van der Waals surface area (Å²) < 4.78 is 4.97. The van der Waals surface area contributed by atoms with Crippen LogP contribution in [0.15, 0.2) is 0 Å². The third-order valence-corrected chi connectivity index (χ3v) is 3.23. The van der Waals surface area contributed by atoms with E-state index in [1.54, 1.807) is 7.11 Å². The second-order valence-electron chi connectivity index (χ2n) is 4.20. The molecule has 0 aromatic heterocycles. The van der Waals surface area contributed by atoms with Gasteiger partial charge in [-0.25, -0.2) is 0 Å². The highest BCUT2D eigenvalue weighted by atomic mass is 35.5. The van der Waals surface area contributed by atoms with E-state index in [9.17, 15) is 0 Å². The zero-order chi connectivity index (χ0) is 10.2. The minimum Gasteiger partial charge on any atom is -0.383 e. The van der Waals surface area contributed by atoms with Gasteiger partial charge in [-0.2, -0.15) is 0 Å². The summed E-state index contributed by atoms with van der Waals surface area (Å²) in [5.41, 5.74) is 0. The normalized spacial score (nSPS) is 20.1. The van der Waals surface area contributed by atoms with Crippen molar-refractivity contribution in [2.24, 2.45) is 5.92 Å². The van der Waals surface area contributed by atoms with Gasteiger partial charge in [0.15, 0.2) is 0 Å². The molecule has 0 radical (unpaired) electrons. The number of nitrogens with one attached hydrogen (secondary N) is 1. The van der Waals surface area contributed by atoms with Crippen molar-refractivity contribution in [2.75, 3.05) is 26.8 Å². The van der Waals surface area contributed by atoms with E-state index in [0.29, 0.717) is 6.61 Å². The van der Waals surface area contributed by atoms with Crippen molar-refractivity contribution in [2.45, 2.75) is 37.5 Å². The van der Waals surface area contributed by atoms with E-state index in [1.807, 2.05) is 0 Å². The molecule has 0 saturated heterocycles. The molecule has 14 heavy (non-hydrogen) atoms. The Kier molecular flexibility index (Phi) is 6.57. The maximum Gasteiger partial charge on any atom is 0.0626 e. The molecule has 1 aliphatic carbocycles. The smallest absolute Gasteiger partial charge is 0.0626 e. The van der Waals surface area contributed by atoms with Crippen LogP contribution in [-0.2, 0) is 4.74 Å². The van der Waals surface area contributed by atoms with Crippen LogP contribution >= 0.6 is 11.6 Å². The number of hydrogen-bond donors (Lipinski definition) is 1. The number of alkyl halides is 1. The summed E-state index contributed by atoms with van der Waals surface area (Å²) in [7, 11) is 1.70. The van der Waals surface area contributed by atoms with Crippen molar-refractivity contribution in [1.29, 1.82) is 0 Å². The molecule has 1 unspecified atom stereocenters. The Hall–Kier alpha value is 0.210. The highest BCUT2D eigenvalue weighted by Crippen LogP contribution is 2.23. The molecule has 3 heteroatoms. The molecule has 1 aliphatic rings. The molecule has 0 aromatic rings. The predicted molar refractivity (Wildman–Crippen MR) is 61.0 cm³/mol. The van der Waals surface area contributed by atoms with E-state index in [2.05, 4.69) is 5.32 Å². The Balaban J connectivity index is 1.88. The zero-order valence-corrected chi connectivity index (χ0v) is 9.85. The van der Waals surface area contributed by atoms with Gasteiger partial charge < -0.3 is 10.1 Å².